The SMILES string of the molecule is COC(=O)c1ccnn2c(C3(c4ccc(Cl)cc4)CC3)nnc12. The highest BCUT2D eigenvalue weighted by Gasteiger charge is 2.50. The van der Waals surface area contributed by atoms with E-state index in [9.17, 15) is 4.79 Å². The van der Waals surface area contributed by atoms with E-state index < -0.39 is 5.97 Å². The summed E-state index contributed by atoms with van der Waals surface area (Å²) in [6.07, 6.45) is 3.48. The van der Waals surface area contributed by atoms with E-state index >= 15 is 0 Å². The molecule has 1 aliphatic carbocycles. The molecule has 0 atom stereocenters. The minimum Gasteiger partial charge on any atom is -0.465 e. The van der Waals surface area contributed by atoms with Crippen molar-refractivity contribution in [1.29, 1.82) is 0 Å². The molecule has 0 unspecified atom stereocenters. The molecule has 4 rings (SSSR count). The average Bonchev–Trinajstić information content (AvgIpc) is 3.26. The Morgan fingerprint density at radius 3 is 2.61 bits per heavy atom. The van der Waals surface area contributed by atoms with Crippen molar-refractivity contribution >= 4 is 23.2 Å². The van der Waals surface area contributed by atoms with Crippen LogP contribution in [0.25, 0.3) is 5.65 Å². The van der Waals surface area contributed by atoms with Gasteiger partial charge in [-0.05, 0) is 36.6 Å². The number of fused-ring (bicyclic) bond motifs is 1. The van der Waals surface area contributed by atoms with Crippen molar-refractivity contribution in [3.63, 3.8) is 0 Å². The van der Waals surface area contributed by atoms with Crippen LogP contribution in [0, 0.1) is 0 Å². The first kappa shape index (κ1) is 14.1. The largest absolute Gasteiger partial charge is 0.465 e. The number of methoxy groups -OCH3 is 1. The molecule has 2 aromatic heterocycles. The van der Waals surface area contributed by atoms with Gasteiger partial charge in [-0.2, -0.15) is 9.61 Å². The molecular formula is C16H13ClN4O2. The van der Waals surface area contributed by atoms with Crippen LogP contribution in [0.4, 0.5) is 0 Å². The van der Waals surface area contributed by atoms with Gasteiger partial charge in [0.15, 0.2) is 11.5 Å². The van der Waals surface area contributed by atoms with Gasteiger partial charge >= 0.3 is 5.97 Å². The molecule has 1 aromatic carbocycles. The number of benzene rings is 1. The monoisotopic (exact) mass is 328 g/mol. The van der Waals surface area contributed by atoms with Gasteiger partial charge < -0.3 is 4.74 Å². The van der Waals surface area contributed by atoms with Crippen LogP contribution in [0.5, 0.6) is 0 Å². The molecule has 0 spiro atoms. The van der Waals surface area contributed by atoms with Gasteiger partial charge in [-0.3, -0.25) is 0 Å². The zero-order valence-electron chi connectivity index (χ0n) is 12.4. The van der Waals surface area contributed by atoms with Crippen molar-refractivity contribution in [2.75, 3.05) is 7.11 Å². The molecule has 1 aliphatic rings. The molecule has 23 heavy (non-hydrogen) atoms. The average molecular weight is 329 g/mol. The second-order valence-corrected chi connectivity index (χ2v) is 6.02. The lowest BCUT2D eigenvalue weighted by atomic mass is 9.95. The van der Waals surface area contributed by atoms with Crippen LogP contribution in [-0.4, -0.2) is 32.9 Å². The maximum atomic E-state index is 11.9. The van der Waals surface area contributed by atoms with Crippen LogP contribution in [0.1, 0.15) is 34.6 Å². The van der Waals surface area contributed by atoms with Gasteiger partial charge in [0.1, 0.15) is 5.56 Å². The van der Waals surface area contributed by atoms with E-state index in [1.807, 2.05) is 24.3 Å². The highest BCUT2D eigenvalue weighted by Crippen LogP contribution is 2.52. The van der Waals surface area contributed by atoms with Gasteiger partial charge in [0.25, 0.3) is 0 Å². The molecule has 6 nitrogen and oxygen atoms in total. The van der Waals surface area contributed by atoms with Crippen molar-refractivity contribution in [1.82, 2.24) is 19.8 Å². The van der Waals surface area contributed by atoms with E-state index in [2.05, 4.69) is 15.3 Å². The lowest BCUT2D eigenvalue weighted by molar-refractivity contribution is 0.0602. The molecule has 7 heteroatoms. The van der Waals surface area contributed by atoms with E-state index in [1.165, 1.54) is 7.11 Å². The van der Waals surface area contributed by atoms with Crippen molar-refractivity contribution in [2.24, 2.45) is 0 Å². The number of carbonyl (C=O) groups excluding carboxylic acids is 1. The van der Waals surface area contributed by atoms with Crippen LogP contribution in [0.15, 0.2) is 36.5 Å². The number of hydrogen-bond acceptors (Lipinski definition) is 5. The van der Waals surface area contributed by atoms with Gasteiger partial charge in [0, 0.05) is 11.2 Å². The molecule has 116 valence electrons. The number of rotatable bonds is 3. The number of halogens is 1. The summed E-state index contributed by atoms with van der Waals surface area (Å²) < 4.78 is 6.42. The van der Waals surface area contributed by atoms with Crippen LogP contribution in [0.3, 0.4) is 0 Å². The quantitative estimate of drug-likeness (QED) is 0.691. The lowest BCUT2D eigenvalue weighted by Gasteiger charge is -2.13. The zero-order valence-corrected chi connectivity index (χ0v) is 13.1. The highest BCUT2D eigenvalue weighted by molar-refractivity contribution is 6.30. The highest BCUT2D eigenvalue weighted by atomic mass is 35.5. The van der Waals surface area contributed by atoms with Gasteiger partial charge in [0.05, 0.1) is 12.5 Å². The van der Waals surface area contributed by atoms with Gasteiger partial charge in [-0.15, -0.1) is 10.2 Å². The predicted molar refractivity (Wildman–Crippen MR) is 83.6 cm³/mol. The summed E-state index contributed by atoms with van der Waals surface area (Å²) >= 11 is 5.98. The number of nitrogens with zero attached hydrogens (tertiary/aromatic N) is 4. The molecule has 0 aliphatic heterocycles. The Bertz CT molecular complexity index is 900. The Kier molecular flexibility index (Phi) is 3.09. The number of hydrogen-bond donors (Lipinski definition) is 0. The normalized spacial score (nSPS) is 15.6. The van der Waals surface area contributed by atoms with Crippen LogP contribution < -0.4 is 0 Å². The maximum Gasteiger partial charge on any atom is 0.341 e. The molecule has 0 saturated heterocycles. The second-order valence-electron chi connectivity index (χ2n) is 5.58. The lowest BCUT2D eigenvalue weighted by Crippen LogP contribution is -2.15. The molecule has 3 aromatic rings. The number of aromatic nitrogens is 4. The Morgan fingerprint density at radius 2 is 1.96 bits per heavy atom. The fourth-order valence-corrected chi connectivity index (χ4v) is 3.04. The molecule has 0 amide bonds. The smallest absolute Gasteiger partial charge is 0.341 e. The van der Waals surface area contributed by atoms with E-state index in [0.29, 0.717) is 16.2 Å². The predicted octanol–water partition coefficient (Wildman–Crippen LogP) is 2.64. The van der Waals surface area contributed by atoms with Gasteiger partial charge in [-0.25, -0.2) is 4.79 Å². The molecule has 2 heterocycles. The molecule has 0 N–H and O–H groups in total. The van der Waals surface area contributed by atoms with Crippen molar-refractivity contribution in [3.8, 4) is 0 Å². The molecule has 0 radical (unpaired) electrons. The second kappa shape index (κ2) is 5.03. The molecule has 1 saturated carbocycles. The topological polar surface area (TPSA) is 69.4 Å². The molecule has 0 bridgehead atoms. The summed E-state index contributed by atoms with van der Waals surface area (Å²) in [4.78, 5) is 11.9. The minimum absolute atomic E-state index is 0.217. The summed E-state index contributed by atoms with van der Waals surface area (Å²) in [5.74, 6) is 0.285. The van der Waals surface area contributed by atoms with E-state index in [4.69, 9.17) is 16.3 Å². The Labute approximate surface area is 137 Å². The van der Waals surface area contributed by atoms with E-state index in [-0.39, 0.29) is 5.41 Å². The van der Waals surface area contributed by atoms with Crippen molar-refractivity contribution in [3.05, 3.63) is 58.5 Å². The van der Waals surface area contributed by atoms with E-state index in [0.717, 1.165) is 24.2 Å². The standard InChI is InChI=1S/C16H13ClN4O2/c1-23-14(22)12-6-9-18-21-13(12)19-20-15(21)16(7-8-16)10-2-4-11(17)5-3-10/h2-6,9H,7-8H2,1H3. The van der Waals surface area contributed by atoms with Gasteiger partial charge in [0.2, 0.25) is 0 Å². The third kappa shape index (κ3) is 2.09. The van der Waals surface area contributed by atoms with Crippen molar-refractivity contribution in [2.45, 2.75) is 18.3 Å². The van der Waals surface area contributed by atoms with Crippen LogP contribution in [0.2, 0.25) is 5.02 Å². The minimum atomic E-state index is -0.451. The Hall–Kier alpha value is -2.47. The first-order valence-electron chi connectivity index (χ1n) is 7.21. The summed E-state index contributed by atoms with van der Waals surface area (Å²) in [6, 6.07) is 9.32. The summed E-state index contributed by atoms with van der Waals surface area (Å²) in [6.45, 7) is 0. The van der Waals surface area contributed by atoms with Crippen molar-refractivity contribution < 1.29 is 9.53 Å². The Balaban J connectivity index is 1.87. The number of esters is 1. The fraction of sp³-hybridized carbons (Fsp3) is 0.250. The number of carbonyl (C=O) groups is 1. The van der Waals surface area contributed by atoms with Gasteiger partial charge in [-0.1, -0.05) is 23.7 Å². The first-order valence-corrected chi connectivity index (χ1v) is 7.59. The molecular weight excluding hydrogens is 316 g/mol. The summed E-state index contributed by atoms with van der Waals surface area (Å²) in [5.41, 5.74) is 1.68. The third-order valence-electron chi connectivity index (χ3n) is 4.29. The Morgan fingerprint density at radius 1 is 1.22 bits per heavy atom. The summed E-state index contributed by atoms with van der Waals surface area (Å²) in [5, 5.41) is 13.5. The zero-order chi connectivity index (χ0) is 16.0. The maximum absolute atomic E-state index is 11.9. The fourth-order valence-electron chi connectivity index (χ4n) is 2.91. The van der Waals surface area contributed by atoms with Crippen LogP contribution in [-0.2, 0) is 10.2 Å². The van der Waals surface area contributed by atoms with E-state index in [1.54, 1.807) is 16.8 Å². The first-order chi connectivity index (χ1) is 11.2. The van der Waals surface area contributed by atoms with Crippen LogP contribution >= 0.6 is 11.6 Å². The third-order valence-corrected chi connectivity index (χ3v) is 4.54. The summed E-state index contributed by atoms with van der Waals surface area (Å²) in [7, 11) is 1.34. The molecule has 1 fully saturated rings. The number of ether oxygens (including phenoxy) is 1.